The lowest BCUT2D eigenvalue weighted by Crippen LogP contribution is -2.43. The molecule has 1 rings (SSSR count). The van der Waals surface area contributed by atoms with Gasteiger partial charge in [0.1, 0.15) is 6.04 Å². The highest BCUT2D eigenvalue weighted by atomic mass is 16.4. The monoisotopic (exact) mass is 214 g/mol. The highest BCUT2D eigenvalue weighted by molar-refractivity contribution is 5.85. The standard InChI is InChI=1S/C10H18N2O3/c1-6(10(14)15)12-9(13)8-4-2-3-7(8)5-11/h6-8H,2-5,11H2,1H3,(H,12,13)(H,14,15). The Morgan fingerprint density at radius 3 is 2.73 bits per heavy atom. The quantitative estimate of drug-likeness (QED) is 0.611. The molecule has 1 aliphatic rings. The van der Waals surface area contributed by atoms with Gasteiger partial charge < -0.3 is 16.2 Å². The molecule has 3 atom stereocenters. The molecular formula is C10H18N2O3. The van der Waals surface area contributed by atoms with Gasteiger partial charge in [0, 0.05) is 5.92 Å². The van der Waals surface area contributed by atoms with Crippen LogP contribution < -0.4 is 11.1 Å². The van der Waals surface area contributed by atoms with Crippen LogP contribution in [0.4, 0.5) is 0 Å². The fraction of sp³-hybridized carbons (Fsp3) is 0.800. The van der Waals surface area contributed by atoms with E-state index in [9.17, 15) is 9.59 Å². The molecule has 0 aromatic rings. The van der Waals surface area contributed by atoms with Gasteiger partial charge in [-0.2, -0.15) is 0 Å². The van der Waals surface area contributed by atoms with Gasteiger partial charge in [-0.05, 0) is 32.2 Å². The predicted molar refractivity (Wildman–Crippen MR) is 55.1 cm³/mol. The second-order valence-electron chi connectivity index (χ2n) is 4.10. The smallest absolute Gasteiger partial charge is 0.325 e. The van der Waals surface area contributed by atoms with Crippen molar-refractivity contribution < 1.29 is 14.7 Å². The van der Waals surface area contributed by atoms with E-state index in [4.69, 9.17) is 10.8 Å². The van der Waals surface area contributed by atoms with Crippen LogP contribution in [0.1, 0.15) is 26.2 Å². The van der Waals surface area contributed by atoms with Crippen molar-refractivity contribution in [2.75, 3.05) is 6.54 Å². The lowest BCUT2D eigenvalue weighted by atomic mass is 9.95. The molecule has 86 valence electrons. The number of carbonyl (C=O) groups excluding carboxylic acids is 1. The van der Waals surface area contributed by atoms with Crippen molar-refractivity contribution >= 4 is 11.9 Å². The lowest BCUT2D eigenvalue weighted by molar-refractivity contribution is -0.142. The first kappa shape index (κ1) is 12.0. The molecule has 1 saturated carbocycles. The molecule has 0 heterocycles. The van der Waals surface area contributed by atoms with Gasteiger partial charge in [0.15, 0.2) is 0 Å². The van der Waals surface area contributed by atoms with Crippen molar-refractivity contribution in [3.8, 4) is 0 Å². The molecule has 0 bridgehead atoms. The van der Waals surface area contributed by atoms with E-state index in [1.165, 1.54) is 6.92 Å². The van der Waals surface area contributed by atoms with Crippen LogP contribution in [0.2, 0.25) is 0 Å². The zero-order chi connectivity index (χ0) is 11.4. The van der Waals surface area contributed by atoms with Crippen molar-refractivity contribution in [1.82, 2.24) is 5.32 Å². The summed E-state index contributed by atoms with van der Waals surface area (Å²) < 4.78 is 0. The van der Waals surface area contributed by atoms with E-state index >= 15 is 0 Å². The van der Waals surface area contributed by atoms with E-state index in [0.29, 0.717) is 6.54 Å². The molecule has 1 fully saturated rings. The van der Waals surface area contributed by atoms with Gasteiger partial charge in [-0.15, -0.1) is 0 Å². The Bertz CT molecular complexity index is 255. The van der Waals surface area contributed by atoms with Crippen LogP contribution in [0.5, 0.6) is 0 Å². The van der Waals surface area contributed by atoms with Gasteiger partial charge >= 0.3 is 5.97 Å². The third-order valence-corrected chi connectivity index (χ3v) is 3.03. The van der Waals surface area contributed by atoms with Crippen LogP contribution in [-0.4, -0.2) is 29.6 Å². The molecule has 0 radical (unpaired) electrons. The molecule has 5 nitrogen and oxygen atoms in total. The molecule has 5 heteroatoms. The second kappa shape index (κ2) is 5.11. The fourth-order valence-corrected chi connectivity index (χ4v) is 2.05. The summed E-state index contributed by atoms with van der Waals surface area (Å²) in [6.07, 6.45) is 2.79. The van der Waals surface area contributed by atoms with Crippen LogP contribution >= 0.6 is 0 Å². The minimum Gasteiger partial charge on any atom is -0.480 e. The first-order valence-electron chi connectivity index (χ1n) is 5.29. The molecule has 1 aliphatic carbocycles. The van der Waals surface area contributed by atoms with Gasteiger partial charge in [-0.3, -0.25) is 9.59 Å². The molecular weight excluding hydrogens is 196 g/mol. The van der Waals surface area contributed by atoms with Gasteiger partial charge in [-0.25, -0.2) is 0 Å². The first-order valence-corrected chi connectivity index (χ1v) is 5.29. The number of aliphatic carboxylic acids is 1. The molecule has 4 N–H and O–H groups in total. The summed E-state index contributed by atoms with van der Waals surface area (Å²) in [7, 11) is 0. The van der Waals surface area contributed by atoms with E-state index < -0.39 is 12.0 Å². The number of carboxylic acids is 1. The van der Waals surface area contributed by atoms with Crippen LogP contribution in [0.15, 0.2) is 0 Å². The van der Waals surface area contributed by atoms with Crippen LogP contribution in [0, 0.1) is 11.8 Å². The fourth-order valence-electron chi connectivity index (χ4n) is 2.05. The van der Waals surface area contributed by atoms with Gasteiger partial charge in [0.05, 0.1) is 0 Å². The Kier molecular flexibility index (Phi) is 4.08. The number of hydrogen-bond donors (Lipinski definition) is 3. The second-order valence-corrected chi connectivity index (χ2v) is 4.10. The van der Waals surface area contributed by atoms with E-state index in [0.717, 1.165) is 19.3 Å². The van der Waals surface area contributed by atoms with Crippen LogP contribution in [-0.2, 0) is 9.59 Å². The maximum Gasteiger partial charge on any atom is 0.325 e. The van der Waals surface area contributed by atoms with Crippen molar-refractivity contribution in [2.24, 2.45) is 17.6 Å². The summed E-state index contributed by atoms with van der Waals surface area (Å²) >= 11 is 0. The van der Waals surface area contributed by atoms with Gasteiger partial charge in [0.2, 0.25) is 5.91 Å². The Labute approximate surface area is 89.0 Å². The Morgan fingerprint density at radius 1 is 1.53 bits per heavy atom. The van der Waals surface area contributed by atoms with Gasteiger partial charge in [-0.1, -0.05) is 6.42 Å². The largest absolute Gasteiger partial charge is 0.480 e. The number of carbonyl (C=O) groups is 2. The first-order chi connectivity index (χ1) is 7.06. The highest BCUT2D eigenvalue weighted by Gasteiger charge is 2.32. The van der Waals surface area contributed by atoms with E-state index in [1.54, 1.807) is 0 Å². The minimum absolute atomic E-state index is 0.100. The Balaban J connectivity index is 2.49. The zero-order valence-electron chi connectivity index (χ0n) is 8.90. The number of hydrogen-bond acceptors (Lipinski definition) is 3. The Hall–Kier alpha value is -1.10. The van der Waals surface area contributed by atoms with Gasteiger partial charge in [0.25, 0.3) is 0 Å². The topological polar surface area (TPSA) is 92.4 Å². The summed E-state index contributed by atoms with van der Waals surface area (Å²) in [5.41, 5.74) is 5.56. The summed E-state index contributed by atoms with van der Waals surface area (Å²) in [4.78, 5) is 22.3. The maximum atomic E-state index is 11.7. The Morgan fingerprint density at radius 2 is 2.20 bits per heavy atom. The van der Waals surface area contributed by atoms with E-state index in [-0.39, 0.29) is 17.7 Å². The van der Waals surface area contributed by atoms with Crippen molar-refractivity contribution in [3.05, 3.63) is 0 Å². The predicted octanol–water partition coefficient (Wildman–Crippen LogP) is -0.0493. The average molecular weight is 214 g/mol. The molecule has 0 aliphatic heterocycles. The summed E-state index contributed by atoms with van der Waals surface area (Å²) in [5, 5.41) is 11.1. The van der Waals surface area contributed by atoms with Crippen molar-refractivity contribution in [3.63, 3.8) is 0 Å². The normalized spacial score (nSPS) is 27.3. The average Bonchev–Trinajstić information content (AvgIpc) is 2.64. The number of nitrogens with one attached hydrogen (secondary N) is 1. The molecule has 3 unspecified atom stereocenters. The summed E-state index contributed by atoms with van der Waals surface area (Å²) in [6, 6.07) is -0.823. The number of amides is 1. The third-order valence-electron chi connectivity index (χ3n) is 3.03. The number of rotatable bonds is 4. The molecule has 1 amide bonds. The number of carboxylic acid groups (broad SMARTS) is 1. The van der Waals surface area contributed by atoms with E-state index in [2.05, 4.69) is 5.32 Å². The highest BCUT2D eigenvalue weighted by Crippen LogP contribution is 2.30. The SMILES string of the molecule is CC(NC(=O)C1CCCC1CN)C(=O)O. The molecule has 0 aromatic carbocycles. The van der Waals surface area contributed by atoms with Crippen LogP contribution in [0.25, 0.3) is 0 Å². The third kappa shape index (κ3) is 2.92. The maximum absolute atomic E-state index is 11.7. The molecule has 15 heavy (non-hydrogen) atoms. The minimum atomic E-state index is -1.01. The lowest BCUT2D eigenvalue weighted by Gasteiger charge is -2.18. The number of nitrogens with two attached hydrogens (primary N) is 1. The zero-order valence-corrected chi connectivity index (χ0v) is 8.90. The molecule has 0 spiro atoms. The summed E-state index contributed by atoms with van der Waals surface area (Å²) in [5.74, 6) is -1.06. The summed E-state index contributed by atoms with van der Waals surface area (Å²) in [6.45, 7) is 1.96. The molecule has 0 saturated heterocycles. The van der Waals surface area contributed by atoms with Crippen molar-refractivity contribution in [1.29, 1.82) is 0 Å². The van der Waals surface area contributed by atoms with Crippen molar-refractivity contribution in [2.45, 2.75) is 32.2 Å². The molecule has 0 aromatic heterocycles. The van der Waals surface area contributed by atoms with E-state index in [1.807, 2.05) is 0 Å². The van der Waals surface area contributed by atoms with Crippen LogP contribution in [0.3, 0.4) is 0 Å².